The lowest BCUT2D eigenvalue weighted by Crippen LogP contribution is -1.92. The van der Waals surface area contributed by atoms with E-state index in [1.165, 1.54) is 12.1 Å². The van der Waals surface area contributed by atoms with Crippen molar-refractivity contribution in [3.63, 3.8) is 0 Å². The van der Waals surface area contributed by atoms with Crippen LogP contribution in [0.4, 0.5) is 4.39 Å². The van der Waals surface area contributed by atoms with E-state index in [0.29, 0.717) is 0 Å². The van der Waals surface area contributed by atoms with Crippen molar-refractivity contribution in [2.75, 3.05) is 0 Å². The molecule has 0 saturated carbocycles. The predicted molar refractivity (Wildman–Crippen MR) is 46.9 cm³/mol. The van der Waals surface area contributed by atoms with Crippen molar-refractivity contribution in [1.29, 1.82) is 5.26 Å². The lowest BCUT2D eigenvalue weighted by molar-refractivity contribution is 0.370. The molecule has 0 aromatic heterocycles. The Labute approximate surface area is 79.8 Å². The van der Waals surface area contributed by atoms with Gasteiger partial charge in [-0.3, -0.25) is 4.57 Å². The first-order valence-corrected chi connectivity index (χ1v) is 5.45. The molecule has 0 amide bonds. The van der Waals surface area contributed by atoms with Gasteiger partial charge in [0.05, 0.1) is 17.8 Å². The molecular weight excluding hydrogens is 208 g/mol. The summed E-state index contributed by atoms with van der Waals surface area (Å²) >= 11 is 0. The van der Waals surface area contributed by atoms with Gasteiger partial charge in [0.15, 0.2) is 0 Å². The number of halogens is 1. The van der Waals surface area contributed by atoms with E-state index in [1.807, 2.05) is 0 Å². The van der Waals surface area contributed by atoms with E-state index in [0.717, 1.165) is 6.07 Å². The molecule has 2 N–H and O–H groups in total. The van der Waals surface area contributed by atoms with Gasteiger partial charge in [-0.05, 0) is 17.7 Å². The van der Waals surface area contributed by atoms with Gasteiger partial charge in [0, 0.05) is 0 Å². The zero-order valence-electron chi connectivity index (χ0n) is 7.01. The average Bonchev–Trinajstić information content (AvgIpc) is 2.06. The molecule has 0 saturated heterocycles. The van der Waals surface area contributed by atoms with Gasteiger partial charge in [-0.25, -0.2) is 4.39 Å². The highest BCUT2D eigenvalue weighted by atomic mass is 31.2. The first-order valence-electron chi connectivity index (χ1n) is 3.65. The van der Waals surface area contributed by atoms with Crippen LogP contribution in [0.1, 0.15) is 11.1 Å². The molecule has 74 valence electrons. The normalized spacial score (nSPS) is 11.0. The number of rotatable bonds is 2. The standard InChI is InChI=1S/C8H7FNO3P/c9-8-3-6(4-10)1-2-7(8)5-14(11,12)13/h1-3H,5H2,(H2,11,12,13). The lowest BCUT2D eigenvalue weighted by Gasteiger charge is -2.04. The molecule has 0 fully saturated rings. The molecule has 0 aliphatic heterocycles. The monoisotopic (exact) mass is 215 g/mol. The molecule has 4 nitrogen and oxygen atoms in total. The molecule has 1 aromatic carbocycles. The Morgan fingerprint density at radius 3 is 2.57 bits per heavy atom. The highest BCUT2D eigenvalue weighted by Gasteiger charge is 2.16. The minimum atomic E-state index is -4.26. The molecule has 0 bridgehead atoms. The Balaban J connectivity index is 3.03. The smallest absolute Gasteiger partial charge is 0.324 e. The molecule has 6 heteroatoms. The van der Waals surface area contributed by atoms with Gasteiger partial charge < -0.3 is 9.79 Å². The fourth-order valence-corrected chi connectivity index (χ4v) is 1.67. The van der Waals surface area contributed by atoms with E-state index < -0.39 is 19.6 Å². The number of nitriles is 1. The molecule has 0 spiro atoms. The number of hydrogen-bond donors (Lipinski definition) is 2. The lowest BCUT2D eigenvalue weighted by atomic mass is 10.1. The van der Waals surface area contributed by atoms with E-state index in [2.05, 4.69) is 0 Å². The van der Waals surface area contributed by atoms with Crippen molar-refractivity contribution in [3.8, 4) is 6.07 Å². The van der Waals surface area contributed by atoms with Crippen molar-refractivity contribution < 1.29 is 18.7 Å². The zero-order valence-corrected chi connectivity index (χ0v) is 7.91. The minimum absolute atomic E-state index is 0.0858. The molecular formula is C8H7FNO3P. The molecule has 0 heterocycles. The Morgan fingerprint density at radius 2 is 2.14 bits per heavy atom. The predicted octanol–water partition coefficient (Wildman–Crippen LogP) is 1.38. The second-order valence-electron chi connectivity index (χ2n) is 2.74. The van der Waals surface area contributed by atoms with Gasteiger partial charge in [-0.2, -0.15) is 5.26 Å². The summed E-state index contributed by atoms with van der Waals surface area (Å²) in [5.41, 5.74) is 0.0364. The summed E-state index contributed by atoms with van der Waals surface area (Å²) in [6, 6.07) is 5.19. The largest absolute Gasteiger partial charge is 0.330 e. The summed E-state index contributed by atoms with van der Waals surface area (Å²) in [6.07, 6.45) is -0.648. The summed E-state index contributed by atoms with van der Waals surface area (Å²) in [6.45, 7) is 0. The Morgan fingerprint density at radius 1 is 1.50 bits per heavy atom. The highest BCUT2D eigenvalue weighted by Crippen LogP contribution is 2.39. The van der Waals surface area contributed by atoms with Crippen molar-refractivity contribution in [1.82, 2.24) is 0 Å². The van der Waals surface area contributed by atoms with Crippen molar-refractivity contribution in [2.24, 2.45) is 0 Å². The van der Waals surface area contributed by atoms with Gasteiger partial charge in [0.25, 0.3) is 0 Å². The van der Waals surface area contributed by atoms with Crippen LogP contribution < -0.4 is 0 Å². The fraction of sp³-hybridized carbons (Fsp3) is 0.125. The molecule has 0 aliphatic rings. The Kier molecular flexibility index (Phi) is 3.02. The fourth-order valence-electron chi connectivity index (χ4n) is 0.967. The van der Waals surface area contributed by atoms with E-state index in [-0.39, 0.29) is 11.1 Å². The van der Waals surface area contributed by atoms with Gasteiger partial charge in [0.1, 0.15) is 5.82 Å². The maximum Gasteiger partial charge on any atom is 0.330 e. The van der Waals surface area contributed by atoms with Crippen LogP contribution in [-0.2, 0) is 10.7 Å². The van der Waals surface area contributed by atoms with Gasteiger partial charge in [-0.1, -0.05) is 6.07 Å². The third-order valence-corrected chi connectivity index (χ3v) is 2.31. The molecule has 0 atom stereocenters. The van der Waals surface area contributed by atoms with Crippen LogP contribution in [0.5, 0.6) is 0 Å². The third-order valence-electron chi connectivity index (χ3n) is 1.56. The van der Waals surface area contributed by atoms with E-state index >= 15 is 0 Å². The van der Waals surface area contributed by atoms with E-state index in [1.54, 1.807) is 6.07 Å². The van der Waals surface area contributed by atoms with Crippen LogP contribution in [0.25, 0.3) is 0 Å². The topological polar surface area (TPSA) is 81.3 Å². The van der Waals surface area contributed by atoms with Gasteiger partial charge in [0.2, 0.25) is 0 Å². The SMILES string of the molecule is N#Cc1ccc(CP(=O)(O)O)c(F)c1. The number of benzene rings is 1. The quantitative estimate of drug-likeness (QED) is 0.730. The molecule has 1 aromatic rings. The summed E-state index contributed by atoms with van der Waals surface area (Å²) in [4.78, 5) is 17.2. The Hall–Kier alpha value is -1.21. The van der Waals surface area contributed by atoms with Crippen LogP contribution >= 0.6 is 7.60 Å². The first kappa shape index (κ1) is 10.9. The van der Waals surface area contributed by atoms with Crippen LogP contribution in [0, 0.1) is 17.1 Å². The molecule has 14 heavy (non-hydrogen) atoms. The molecule has 0 radical (unpaired) electrons. The minimum Gasteiger partial charge on any atom is -0.324 e. The Bertz CT molecular complexity index is 435. The second kappa shape index (κ2) is 3.89. The van der Waals surface area contributed by atoms with Gasteiger partial charge >= 0.3 is 7.60 Å². The van der Waals surface area contributed by atoms with Crippen LogP contribution in [0.2, 0.25) is 0 Å². The maximum absolute atomic E-state index is 13.1. The summed E-state index contributed by atoms with van der Waals surface area (Å²) in [5, 5.41) is 8.42. The number of nitrogens with zero attached hydrogens (tertiary/aromatic N) is 1. The summed E-state index contributed by atoms with van der Waals surface area (Å²) in [5.74, 6) is -0.771. The van der Waals surface area contributed by atoms with Crippen molar-refractivity contribution >= 4 is 7.60 Å². The van der Waals surface area contributed by atoms with Crippen LogP contribution in [0.15, 0.2) is 18.2 Å². The average molecular weight is 215 g/mol. The highest BCUT2D eigenvalue weighted by molar-refractivity contribution is 7.50. The van der Waals surface area contributed by atoms with Crippen molar-refractivity contribution in [3.05, 3.63) is 35.1 Å². The van der Waals surface area contributed by atoms with Crippen molar-refractivity contribution in [2.45, 2.75) is 6.16 Å². The summed E-state index contributed by atoms with van der Waals surface area (Å²) in [7, 11) is -4.26. The second-order valence-corrected chi connectivity index (χ2v) is 4.39. The van der Waals surface area contributed by atoms with Crippen LogP contribution in [-0.4, -0.2) is 9.79 Å². The number of hydrogen-bond acceptors (Lipinski definition) is 2. The van der Waals surface area contributed by atoms with Gasteiger partial charge in [-0.15, -0.1) is 0 Å². The molecule has 0 unspecified atom stereocenters. The summed E-state index contributed by atoms with van der Waals surface area (Å²) < 4.78 is 23.6. The molecule has 0 aliphatic carbocycles. The van der Waals surface area contributed by atoms with E-state index in [9.17, 15) is 8.96 Å². The molecule has 1 rings (SSSR count). The maximum atomic E-state index is 13.1. The first-order chi connectivity index (χ1) is 6.42. The third kappa shape index (κ3) is 2.93. The van der Waals surface area contributed by atoms with E-state index in [4.69, 9.17) is 15.0 Å². The van der Waals surface area contributed by atoms with Crippen LogP contribution in [0.3, 0.4) is 0 Å². The zero-order chi connectivity index (χ0) is 10.8.